The summed E-state index contributed by atoms with van der Waals surface area (Å²) in [7, 11) is 1.31. The molecule has 128 valence electrons. The third-order valence-corrected chi connectivity index (χ3v) is 4.33. The van der Waals surface area contributed by atoms with Crippen LogP contribution in [0.15, 0.2) is 42.5 Å². The van der Waals surface area contributed by atoms with Crippen molar-refractivity contribution < 1.29 is 19.1 Å². The number of carbonyl (C=O) groups is 3. The van der Waals surface area contributed by atoms with E-state index in [1.165, 1.54) is 7.11 Å². The molecule has 2 amide bonds. The zero-order valence-electron chi connectivity index (χ0n) is 14.2. The zero-order valence-corrected chi connectivity index (χ0v) is 14.2. The van der Waals surface area contributed by atoms with Crippen molar-refractivity contribution in [1.82, 2.24) is 0 Å². The average molecular weight is 338 g/mol. The van der Waals surface area contributed by atoms with Gasteiger partial charge in [-0.1, -0.05) is 0 Å². The molecular weight excluding hydrogens is 320 g/mol. The molecule has 1 heterocycles. The van der Waals surface area contributed by atoms with E-state index < -0.39 is 11.4 Å². The van der Waals surface area contributed by atoms with Crippen LogP contribution in [0.5, 0.6) is 0 Å². The van der Waals surface area contributed by atoms with Crippen molar-refractivity contribution in [3.63, 3.8) is 0 Å². The van der Waals surface area contributed by atoms with E-state index >= 15 is 0 Å². The van der Waals surface area contributed by atoms with Crippen LogP contribution in [0.3, 0.4) is 0 Å². The highest BCUT2D eigenvalue weighted by atomic mass is 16.5. The number of rotatable bonds is 3. The second-order valence-electron chi connectivity index (χ2n) is 6.36. The van der Waals surface area contributed by atoms with Crippen molar-refractivity contribution in [3.8, 4) is 0 Å². The van der Waals surface area contributed by atoms with Crippen molar-refractivity contribution in [2.24, 2.45) is 0 Å². The van der Waals surface area contributed by atoms with E-state index in [9.17, 15) is 14.4 Å². The quantitative estimate of drug-likeness (QED) is 0.843. The fourth-order valence-electron chi connectivity index (χ4n) is 2.72. The Kier molecular flexibility index (Phi) is 4.04. The molecule has 6 heteroatoms. The van der Waals surface area contributed by atoms with Gasteiger partial charge in [-0.3, -0.25) is 9.59 Å². The maximum atomic E-state index is 12.5. The first-order valence-electron chi connectivity index (χ1n) is 7.78. The Morgan fingerprint density at radius 1 is 1.04 bits per heavy atom. The minimum Gasteiger partial charge on any atom is -0.465 e. The predicted octanol–water partition coefficient (Wildman–Crippen LogP) is 2.96. The summed E-state index contributed by atoms with van der Waals surface area (Å²) in [6, 6.07) is 11.5. The number of carbonyl (C=O) groups excluding carboxylic acids is 3. The van der Waals surface area contributed by atoms with Crippen LogP contribution in [0.4, 0.5) is 11.4 Å². The van der Waals surface area contributed by atoms with Gasteiger partial charge in [-0.25, -0.2) is 4.79 Å². The summed E-state index contributed by atoms with van der Waals surface area (Å²) in [5, 5.41) is 5.59. The van der Waals surface area contributed by atoms with Crippen molar-refractivity contribution in [2.45, 2.75) is 19.3 Å². The Balaban J connectivity index is 1.80. The predicted molar refractivity (Wildman–Crippen MR) is 93.8 cm³/mol. The minimum absolute atomic E-state index is 0.0848. The van der Waals surface area contributed by atoms with Gasteiger partial charge in [0, 0.05) is 16.9 Å². The van der Waals surface area contributed by atoms with Crippen LogP contribution < -0.4 is 10.6 Å². The molecule has 0 atom stereocenters. The summed E-state index contributed by atoms with van der Waals surface area (Å²) in [6.45, 7) is 3.64. The summed E-state index contributed by atoms with van der Waals surface area (Å²) in [6.07, 6.45) is 0. The molecule has 3 rings (SSSR count). The third-order valence-electron chi connectivity index (χ3n) is 4.33. The van der Waals surface area contributed by atoms with Crippen LogP contribution in [0, 0.1) is 0 Å². The number of esters is 1. The normalized spacial score (nSPS) is 14.4. The van der Waals surface area contributed by atoms with Gasteiger partial charge >= 0.3 is 5.97 Å². The van der Waals surface area contributed by atoms with E-state index in [0.717, 1.165) is 11.3 Å². The largest absolute Gasteiger partial charge is 0.465 e. The van der Waals surface area contributed by atoms with E-state index in [0.29, 0.717) is 16.8 Å². The monoisotopic (exact) mass is 338 g/mol. The average Bonchev–Trinajstić information content (AvgIpc) is 2.83. The van der Waals surface area contributed by atoms with Crippen LogP contribution in [0.2, 0.25) is 0 Å². The molecule has 0 saturated heterocycles. The summed E-state index contributed by atoms with van der Waals surface area (Å²) < 4.78 is 4.64. The summed E-state index contributed by atoms with van der Waals surface area (Å²) in [4.78, 5) is 35.9. The van der Waals surface area contributed by atoms with Gasteiger partial charge in [0.15, 0.2) is 0 Å². The lowest BCUT2D eigenvalue weighted by molar-refractivity contribution is -0.119. The number of ether oxygens (including phenoxy) is 1. The third kappa shape index (κ3) is 2.98. The molecule has 6 nitrogen and oxygen atoms in total. The Hall–Kier alpha value is -3.15. The lowest BCUT2D eigenvalue weighted by Crippen LogP contribution is -2.27. The molecule has 2 aromatic rings. The molecule has 0 aromatic heterocycles. The SMILES string of the molecule is COC(=O)c1ccc(NC(=O)c2ccc3c(c2)C(C)(C)C(=O)N3)cc1. The standard InChI is InChI=1S/C19H18N2O4/c1-19(2)14-10-12(6-9-15(14)21-18(19)24)16(22)20-13-7-4-11(5-8-13)17(23)25-3/h4-10H,1-3H3,(H,20,22)(H,21,24). The smallest absolute Gasteiger partial charge is 0.337 e. The van der Waals surface area contributed by atoms with Crippen LogP contribution in [-0.2, 0) is 14.9 Å². The maximum absolute atomic E-state index is 12.5. The van der Waals surface area contributed by atoms with Crippen LogP contribution >= 0.6 is 0 Å². The number of methoxy groups -OCH3 is 1. The topological polar surface area (TPSA) is 84.5 Å². The molecule has 2 N–H and O–H groups in total. The Morgan fingerprint density at radius 2 is 1.68 bits per heavy atom. The lowest BCUT2D eigenvalue weighted by atomic mass is 9.85. The number of hydrogen-bond donors (Lipinski definition) is 2. The first kappa shape index (κ1) is 16.7. The summed E-state index contributed by atoms with van der Waals surface area (Å²) in [5.74, 6) is -0.807. The van der Waals surface area contributed by atoms with Crippen molar-refractivity contribution >= 4 is 29.2 Å². The number of benzene rings is 2. The van der Waals surface area contributed by atoms with Gasteiger partial charge in [0.2, 0.25) is 5.91 Å². The highest BCUT2D eigenvalue weighted by molar-refractivity contribution is 6.09. The van der Waals surface area contributed by atoms with Crippen LogP contribution in [-0.4, -0.2) is 24.9 Å². The number of amides is 2. The summed E-state index contributed by atoms with van der Waals surface area (Å²) >= 11 is 0. The zero-order chi connectivity index (χ0) is 18.2. The second-order valence-corrected chi connectivity index (χ2v) is 6.36. The van der Waals surface area contributed by atoms with Gasteiger partial charge < -0.3 is 15.4 Å². The van der Waals surface area contributed by atoms with Gasteiger partial charge in [0.05, 0.1) is 18.1 Å². The molecule has 1 aliphatic rings. The van der Waals surface area contributed by atoms with Crippen LogP contribution in [0.1, 0.15) is 40.1 Å². The van der Waals surface area contributed by atoms with Crippen LogP contribution in [0.25, 0.3) is 0 Å². The molecule has 0 fully saturated rings. The molecular formula is C19H18N2O4. The van der Waals surface area contributed by atoms with E-state index in [-0.39, 0.29) is 11.8 Å². The fraction of sp³-hybridized carbons (Fsp3) is 0.211. The molecule has 0 saturated carbocycles. The van der Waals surface area contributed by atoms with Crippen molar-refractivity contribution in [3.05, 3.63) is 59.2 Å². The molecule has 1 aliphatic heterocycles. The van der Waals surface area contributed by atoms with Crippen molar-refractivity contribution in [1.29, 1.82) is 0 Å². The Labute approximate surface area is 145 Å². The number of nitrogens with one attached hydrogen (secondary N) is 2. The van der Waals surface area contributed by atoms with Gasteiger partial charge in [-0.2, -0.15) is 0 Å². The number of fused-ring (bicyclic) bond motifs is 1. The molecule has 0 radical (unpaired) electrons. The van der Waals surface area contributed by atoms with Gasteiger partial charge in [-0.05, 0) is 61.9 Å². The first-order valence-corrected chi connectivity index (χ1v) is 7.78. The molecule has 0 unspecified atom stereocenters. The van der Waals surface area contributed by atoms with E-state index in [4.69, 9.17) is 0 Å². The maximum Gasteiger partial charge on any atom is 0.337 e. The highest BCUT2D eigenvalue weighted by Gasteiger charge is 2.38. The molecule has 0 bridgehead atoms. The Bertz CT molecular complexity index is 869. The molecule has 0 aliphatic carbocycles. The molecule has 2 aromatic carbocycles. The van der Waals surface area contributed by atoms with E-state index in [1.807, 2.05) is 13.8 Å². The lowest BCUT2D eigenvalue weighted by Gasteiger charge is -2.15. The van der Waals surface area contributed by atoms with E-state index in [1.54, 1.807) is 42.5 Å². The number of hydrogen-bond acceptors (Lipinski definition) is 4. The summed E-state index contributed by atoms with van der Waals surface area (Å²) in [5.41, 5.74) is 2.28. The second kappa shape index (κ2) is 6.05. The molecule has 25 heavy (non-hydrogen) atoms. The highest BCUT2D eigenvalue weighted by Crippen LogP contribution is 2.37. The van der Waals surface area contributed by atoms with Gasteiger partial charge in [0.25, 0.3) is 5.91 Å². The first-order chi connectivity index (χ1) is 11.8. The Morgan fingerprint density at radius 3 is 2.32 bits per heavy atom. The van der Waals surface area contributed by atoms with E-state index in [2.05, 4.69) is 15.4 Å². The molecule has 0 spiro atoms. The number of anilines is 2. The van der Waals surface area contributed by atoms with Gasteiger partial charge in [-0.15, -0.1) is 0 Å². The van der Waals surface area contributed by atoms with Gasteiger partial charge in [0.1, 0.15) is 0 Å². The minimum atomic E-state index is -0.673. The fourth-order valence-corrected chi connectivity index (χ4v) is 2.72. The van der Waals surface area contributed by atoms with Crippen molar-refractivity contribution in [2.75, 3.05) is 17.7 Å².